The second-order valence-electron chi connectivity index (χ2n) is 5.35. The third kappa shape index (κ3) is 2.23. The molecular formula is C14H16FN3O3. The van der Waals surface area contributed by atoms with Crippen LogP contribution in [0.25, 0.3) is 11.0 Å². The zero-order valence-corrected chi connectivity index (χ0v) is 11.8. The van der Waals surface area contributed by atoms with Gasteiger partial charge in [0.2, 0.25) is 5.58 Å². The first-order valence-electron chi connectivity index (χ1n) is 6.74. The van der Waals surface area contributed by atoms with Gasteiger partial charge in [0.1, 0.15) is 0 Å². The number of nitrogens with two attached hydrogens (primary N) is 1. The van der Waals surface area contributed by atoms with Gasteiger partial charge in [-0.25, -0.2) is 4.39 Å². The highest BCUT2D eigenvalue weighted by Crippen LogP contribution is 2.34. The van der Waals surface area contributed by atoms with Gasteiger partial charge in [-0.05, 0) is 19.9 Å². The lowest BCUT2D eigenvalue weighted by Gasteiger charge is -2.37. The number of nitrogen functional groups attached to an aromatic ring is 1. The van der Waals surface area contributed by atoms with Crippen LogP contribution < -0.4 is 10.6 Å². The van der Waals surface area contributed by atoms with Crippen molar-refractivity contribution in [2.75, 3.05) is 23.7 Å². The highest BCUT2D eigenvalue weighted by Gasteiger charge is 2.28. The number of rotatable bonds is 2. The summed E-state index contributed by atoms with van der Waals surface area (Å²) in [5.41, 5.74) is 6.04. The Balaban J connectivity index is 2.16. The maximum absolute atomic E-state index is 14.7. The van der Waals surface area contributed by atoms with Crippen LogP contribution in [0.2, 0.25) is 0 Å². The average Bonchev–Trinajstić information content (AvgIpc) is 2.79. The smallest absolute Gasteiger partial charge is 0.206 e. The molecule has 1 aliphatic rings. The molecule has 1 saturated heterocycles. The monoisotopic (exact) mass is 293 g/mol. The van der Waals surface area contributed by atoms with E-state index >= 15 is 0 Å². The van der Waals surface area contributed by atoms with Crippen molar-refractivity contribution < 1.29 is 18.4 Å². The van der Waals surface area contributed by atoms with Crippen molar-refractivity contribution in [1.29, 1.82) is 0 Å². The molecule has 7 heteroatoms. The number of ether oxygens (including phenoxy) is 1. The van der Waals surface area contributed by atoms with Gasteiger partial charge in [-0.2, -0.15) is 0 Å². The Morgan fingerprint density at radius 2 is 2.10 bits per heavy atom. The third-order valence-electron chi connectivity index (χ3n) is 3.60. The summed E-state index contributed by atoms with van der Waals surface area (Å²) in [5, 5.41) is 3.86. The van der Waals surface area contributed by atoms with Gasteiger partial charge in [0.15, 0.2) is 17.9 Å². The van der Waals surface area contributed by atoms with E-state index in [0.717, 1.165) is 0 Å². The summed E-state index contributed by atoms with van der Waals surface area (Å²) in [6.45, 7) is 4.81. The molecule has 1 aromatic carbocycles. The summed E-state index contributed by atoms with van der Waals surface area (Å²) in [6, 6.07) is 1.51. The fourth-order valence-corrected chi connectivity index (χ4v) is 2.84. The number of benzene rings is 1. The maximum Gasteiger partial charge on any atom is 0.206 e. The first-order chi connectivity index (χ1) is 10.0. The van der Waals surface area contributed by atoms with Gasteiger partial charge < -0.3 is 19.9 Å². The Labute approximate surface area is 120 Å². The van der Waals surface area contributed by atoms with Gasteiger partial charge in [-0.15, -0.1) is 0 Å². The topological polar surface area (TPSA) is 81.6 Å². The standard InChI is InChI=1S/C14H16FN3O3/c1-7-4-18(5-8(2)20-7)12-9(6-19)3-10-13(11(12)15)21-17-14(10)16/h3,6-8H,4-5H2,1-2H3,(H2,16,17)/t7-,8+. The average molecular weight is 293 g/mol. The summed E-state index contributed by atoms with van der Waals surface area (Å²) in [6.07, 6.45) is 0.515. The summed E-state index contributed by atoms with van der Waals surface area (Å²) < 4.78 is 25.3. The number of nitrogens with zero attached hydrogens (tertiary/aromatic N) is 2. The number of halogens is 1. The Morgan fingerprint density at radius 1 is 1.43 bits per heavy atom. The van der Waals surface area contributed by atoms with E-state index in [2.05, 4.69) is 5.16 Å². The molecule has 0 saturated carbocycles. The van der Waals surface area contributed by atoms with Crippen LogP contribution >= 0.6 is 0 Å². The Kier molecular flexibility index (Phi) is 3.29. The molecule has 1 aliphatic heterocycles. The molecule has 2 atom stereocenters. The molecule has 21 heavy (non-hydrogen) atoms. The number of aromatic nitrogens is 1. The lowest BCUT2D eigenvalue weighted by atomic mass is 10.1. The molecule has 0 bridgehead atoms. The van der Waals surface area contributed by atoms with Crippen molar-refractivity contribution in [2.24, 2.45) is 0 Å². The lowest BCUT2D eigenvalue weighted by molar-refractivity contribution is -0.00542. The van der Waals surface area contributed by atoms with E-state index in [1.807, 2.05) is 13.8 Å². The van der Waals surface area contributed by atoms with Crippen LogP contribution in [-0.2, 0) is 4.74 Å². The molecule has 1 fully saturated rings. The van der Waals surface area contributed by atoms with Crippen LogP contribution in [0.15, 0.2) is 10.6 Å². The number of aldehydes is 1. The van der Waals surface area contributed by atoms with E-state index in [9.17, 15) is 9.18 Å². The molecule has 2 aromatic rings. The molecule has 0 spiro atoms. The van der Waals surface area contributed by atoms with Crippen LogP contribution in [0, 0.1) is 5.82 Å². The van der Waals surface area contributed by atoms with Crippen molar-refractivity contribution in [3.8, 4) is 0 Å². The zero-order valence-electron chi connectivity index (χ0n) is 11.8. The minimum Gasteiger partial charge on any atom is -0.380 e. The molecule has 112 valence electrons. The van der Waals surface area contributed by atoms with Crippen LogP contribution in [0.5, 0.6) is 0 Å². The van der Waals surface area contributed by atoms with Crippen molar-refractivity contribution in [1.82, 2.24) is 5.16 Å². The number of anilines is 2. The maximum atomic E-state index is 14.7. The van der Waals surface area contributed by atoms with E-state index in [-0.39, 0.29) is 34.9 Å². The van der Waals surface area contributed by atoms with Gasteiger partial charge in [0.05, 0.1) is 23.3 Å². The molecule has 2 heterocycles. The summed E-state index contributed by atoms with van der Waals surface area (Å²) in [7, 11) is 0. The van der Waals surface area contributed by atoms with Gasteiger partial charge in [0.25, 0.3) is 0 Å². The van der Waals surface area contributed by atoms with Crippen LogP contribution in [0.1, 0.15) is 24.2 Å². The predicted molar refractivity (Wildman–Crippen MR) is 76.0 cm³/mol. The molecule has 0 aliphatic carbocycles. The normalized spacial score (nSPS) is 22.7. The number of fused-ring (bicyclic) bond motifs is 1. The van der Waals surface area contributed by atoms with Crippen LogP contribution in [0.3, 0.4) is 0 Å². The Bertz CT molecular complexity index is 690. The first kappa shape index (κ1) is 13.8. The molecular weight excluding hydrogens is 277 g/mol. The highest BCUT2D eigenvalue weighted by molar-refractivity contribution is 5.98. The molecule has 0 amide bonds. The predicted octanol–water partition coefficient (Wildman–Crippen LogP) is 1.98. The Morgan fingerprint density at radius 3 is 2.71 bits per heavy atom. The van der Waals surface area contributed by atoms with Crippen LogP contribution in [0.4, 0.5) is 15.9 Å². The van der Waals surface area contributed by atoms with E-state index in [1.54, 1.807) is 4.90 Å². The largest absolute Gasteiger partial charge is 0.380 e. The second kappa shape index (κ2) is 5.00. The number of hydrogen-bond acceptors (Lipinski definition) is 6. The Hall–Kier alpha value is -2.15. The molecule has 0 radical (unpaired) electrons. The van der Waals surface area contributed by atoms with Crippen LogP contribution in [-0.4, -0.2) is 36.7 Å². The van der Waals surface area contributed by atoms with E-state index < -0.39 is 5.82 Å². The first-order valence-corrected chi connectivity index (χ1v) is 6.74. The van der Waals surface area contributed by atoms with Crippen molar-refractivity contribution >= 4 is 28.8 Å². The van der Waals surface area contributed by atoms with Crippen molar-refractivity contribution in [3.63, 3.8) is 0 Å². The molecule has 2 N–H and O–H groups in total. The zero-order chi connectivity index (χ0) is 15.1. The number of hydrogen-bond donors (Lipinski definition) is 1. The number of morpholine rings is 1. The summed E-state index contributed by atoms with van der Waals surface area (Å²) >= 11 is 0. The van der Waals surface area contributed by atoms with E-state index in [0.29, 0.717) is 24.8 Å². The second-order valence-corrected chi connectivity index (χ2v) is 5.35. The number of carbonyl (C=O) groups excluding carboxylic acids is 1. The summed E-state index contributed by atoms with van der Waals surface area (Å²) in [5.74, 6) is -0.539. The van der Waals surface area contributed by atoms with Gasteiger partial charge >= 0.3 is 0 Å². The van der Waals surface area contributed by atoms with Crippen molar-refractivity contribution in [3.05, 3.63) is 17.4 Å². The van der Waals surface area contributed by atoms with Crippen molar-refractivity contribution in [2.45, 2.75) is 26.1 Å². The molecule has 1 aromatic heterocycles. The summed E-state index contributed by atoms with van der Waals surface area (Å²) in [4.78, 5) is 13.1. The lowest BCUT2D eigenvalue weighted by Crippen LogP contribution is -2.46. The molecule has 6 nitrogen and oxygen atoms in total. The van der Waals surface area contributed by atoms with Gasteiger partial charge in [-0.3, -0.25) is 4.79 Å². The number of carbonyl (C=O) groups is 1. The quantitative estimate of drug-likeness (QED) is 0.853. The van der Waals surface area contributed by atoms with Gasteiger partial charge in [0, 0.05) is 18.7 Å². The van der Waals surface area contributed by atoms with E-state index in [4.69, 9.17) is 15.0 Å². The highest BCUT2D eigenvalue weighted by atomic mass is 19.1. The minimum atomic E-state index is -0.611. The van der Waals surface area contributed by atoms with E-state index in [1.165, 1.54) is 6.07 Å². The third-order valence-corrected chi connectivity index (χ3v) is 3.60. The SMILES string of the molecule is C[C@@H]1CN(c2c(C=O)cc3c(N)noc3c2F)C[C@H](C)O1. The fourth-order valence-electron chi connectivity index (χ4n) is 2.84. The van der Waals surface area contributed by atoms with Gasteiger partial charge in [-0.1, -0.05) is 5.16 Å². The minimum absolute atomic E-state index is 0.0279. The molecule has 3 rings (SSSR count). The fraction of sp³-hybridized carbons (Fsp3) is 0.429. The molecule has 0 unspecified atom stereocenters.